The number of hydrogen-bond donors (Lipinski definition) is 1. The predicted octanol–water partition coefficient (Wildman–Crippen LogP) is 3.93. The van der Waals surface area contributed by atoms with E-state index in [1.807, 2.05) is 42.5 Å². The lowest BCUT2D eigenvalue weighted by Crippen LogP contribution is -2.20. The first-order valence-corrected chi connectivity index (χ1v) is 8.13. The van der Waals surface area contributed by atoms with Crippen molar-refractivity contribution in [2.24, 2.45) is 0 Å². The minimum Gasteiger partial charge on any atom is -0.490 e. The summed E-state index contributed by atoms with van der Waals surface area (Å²) >= 11 is 1.85. The Hall–Kier alpha value is -1.52. The highest BCUT2D eigenvalue weighted by Crippen LogP contribution is 2.26. The third-order valence-corrected chi connectivity index (χ3v) is 4.35. The van der Waals surface area contributed by atoms with Crippen molar-refractivity contribution in [3.63, 3.8) is 0 Å². The van der Waals surface area contributed by atoms with E-state index in [0.717, 1.165) is 24.6 Å². The number of para-hydroxylation sites is 2. The molecule has 0 aliphatic carbocycles. The molecule has 1 N–H and O–H groups in total. The van der Waals surface area contributed by atoms with Crippen LogP contribution in [-0.2, 0) is 6.54 Å². The summed E-state index contributed by atoms with van der Waals surface area (Å²) in [6.45, 7) is 9.29. The van der Waals surface area contributed by atoms with E-state index < -0.39 is 0 Å². The summed E-state index contributed by atoms with van der Waals surface area (Å²) in [5, 5.41) is 3.41. The summed E-state index contributed by atoms with van der Waals surface area (Å²) < 4.78 is 11.3. The molecule has 1 aromatic carbocycles. The highest BCUT2D eigenvalue weighted by atomic mass is 32.1. The third kappa shape index (κ3) is 4.76. The average molecular weight is 305 g/mol. The second-order valence-electron chi connectivity index (χ2n) is 4.86. The molecule has 0 saturated carbocycles. The van der Waals surface area contributed by atoms with Crippen LogP contribution in [-0.4, -0.2) is 19.8 Å². The van der Waals surface area contributed by atoms with Gasteiger partial charge >= 0.3 is 0 Å². The average Bonchev–Trinajstić information content (AvgIpc) is 2.79. The first-order chi connectivity index (χ1) is 10.2. The van der Waals surface area contributed by atoms with Crippen molar-refractivity contribution in [2.45, 2.75) is 27.3 Å². The van der Waals surface area contributed by atoms with Crippen LogP contribution in [0, 0.1) is 13.8 Å². The molecule has 0 bridgehead atoms. The van der Waals surface area contributed by atoms with Crippen molar-refractivity contribution >= 4 is 11.3 Å². The number of hydrogen-bond acceptors (Lipinski definition) is 4. The van der Waals surface area contributed by atoms with Gasteiger partial charge in [-0.1, -0.05) is 12.1 Å². The Morgan fingerprint density at radius 2 is 1.81 bits per heavy atom. The maximum Gasteiger partial charge on any atom is 0.161 e. The van der Waals surface area contributed by atoms with Gasteiger partial charge in [0, 0.05) is 22.8 Å². The minimum atomic E-state index is 0.632. The number of benzene rings is 1. The smallest absolute Gasteiger partial charge is 0.161 e. The Morgan fingerprint density at radius 1 is 1.10 bits per heavy atom. The van der Waals surface area contributed by atoms with Crippen LogP contribution in [0.2, 0.25) is 0 Å². The monoisotopic (exact) mass is 305 g/mol. The summed E-state index contributed by atoms with van der Waals surface area (Å²) in [5.74, 6) is 1.62. The fraction of sp³-hybridized carbons (Fsp3) is 0.412. The molecular formula is C17H23NO2S. The number of nitrogens with one attached hydrogen (secondary N) is 1. The second-order valence-corrected chi connectivity index (χ2v) is 6.20. The molecule has 1 heterocycles. The Bertz CT molecular complexity index is 546. The predicted molar refractivity (Wildman–Crippen MR) is 88.6 cm³/mol. The minimum absolute atomic E-state index is 0.632. The van der Waals surface area contributed by atoms with E-state index in [4.69, 9.17) is 9.47 Å². The lowest BCUT2D eigenvalue weighted by molar-refractivity contribution is 0.276. The van der Waals surface area contributed by atoms with Crippen molar-refractivity contribution in [3.8, 4) is 11.5 Å². The first-order valence-electron chi connectivity index (χ1n) is 7.32. The molecular weight excluding hydrogens is 282 g/mol. The lowest BCUT2D eigenvalue weighted by Gasteiger charge is -2.11. The number of thiophene rings is 1. The standard InChI is InChI=1S/C17H23NO2S/c1-4-19-16-7-5-6-8-17(16)20-10-9-18-12-15-11-13(2)14(3)21-15/h5-8,11,18H,4,9-10,12H2,1-3H3. The number of ether oxygens (including phenoxy) is 2. The molecule has 0 radical (unpaired) electrons. The molecule has 21 heavy (non-hydrogen) atoms. The molecule has 114 valence electrons. The maximum atomic E-state index is 5.77. The summed E-state index contributed by atoms with van der Waals surface area (Å²) in [6.07, 6.45) is 0. The van der Waals surface area contributed by atoms with Crippen LogP contribution in [0.25, 0.3) is 0 Å². The topological polar surface area (TPSA) is 30.5 Å². The fourth-order valence-electron chi connectivity index (χ4n) is 2.03. The van der Waals surface area contributed by atoms with Gasteiger partial charge in [-0.2, -0.15) is 0 Å². The van der Waals surface area contributed by atoms with E-state index in [9.17, 15) is 0 Å². The SMILES string of the molecule is CCOc1ccccc1OCCNCc1cc(C)c(C)s1. The van der Waals surface area contributed by atoms with E-state index in [0.29, 0.717) is 13.2 Å². The summed E-state index contributed by atoms with van der Waals surface area (Å²) in [7, 11) is 0. The van der Waals surface area contributed by atoms with Crippen LogP contribution in [0.5, 0.6) is 11.5 Å². The molecule has 0 spiro atoms. The molecule has 4 heteroatoms. The normalized spacial score (nSPS) is 10.6. The van der Waals surface area contributed by atoms with Crippen molar-refractivity contribution < 1.29 is 9.47 Å². The van der Waals surface area contributed by atoms with Gasteiger partial charge in [0.05, 0.1) is 6.61 Å². The van der Waals surface area contributed by atoms with Gasteiger partial charge in [-0.05, 0) is 44.5 Å². The Morgan fingerprint density at radius 3 is 2.43 bits per heavy atom. The van der Waals surface area contributed by atoms with Gasteiger partial charge in [0.1, 0.15) is 6.61 Å². The van der Waals surface area contributed by atoms with Crippen LogP contribution in [0.1, 0.15) is 22.2 Å². The zero-order chi connectivity index (χ0) is 15.1. The molecule has 2 aromatic rings. The molecule has 2 rings (SSSR count). The van der Waals surface area contributed by atoms with Gasteiger partial charge in [-0.3, -0.25) is 0 Å². The van der Waals surface area contributed by atoms with Gasteiger partial charge < -0.3 is 14.8 Å². The van der Waals surface area contributed by atoms with E-state index in [1.54, 1.807) is 0 Å². The van der Waals surface area contributed by atoms with Gasteiger partial charge in [-0.15, -0.1) is 11.3 Å². The van der Waals surface area contributed by atoms with Crippen LogP contribution in [0.4, 0.5) is 0 Å². The zero-order valence-electron chi connectivity index (χ0n) is 12.9. The Labute approximate surface area is 130 Å². The number of aryl methyl sites for hydroxylation is 2. The summed E-state index contributed by atoms with van der Waals surface area (Å²) in [6, 6.07) is 10.0. The van der Waals surface area contributed by atoms with Crippen molar-refractivity contribution in [3.05, 3.63) is 45.6 Å². The zero-order valence-corrected chi connectivity index (χ0v) is 13.8. The lowest BCUT2D eigenvalue weighted by atomic mass is 10.3. The molecule has 3 nitrogen and oxygen atoms in total. The Balaban J connectivity index is 1.72. The summed E-state index contributed by atoms with van der Waals surface area (Å²) in [4.78, 5) is 2.77. The van der Waals surface area contributed by atoms with E-state index in [-0.39, 0.29) is 0 Å². The highest BCUT2D eigenvalue weighted by molar-refractivity contribution is 7.12. The van der Waals surface area contributed by atoms with Gasteiger partial charge in [0.2, 0.25) is 0 Å². The third-order valence-electron chi connectivity index (χ3n) is 3.20. The second kappa shape index (κ2) is 8.05. The molecule has 0 aliphatic heterocycles. The molecule has 0 saturated heterocycles. The largest absolute Gasteiger partial charge is 0.490 e. The van der Waals surface area contributed by atoms with Crippen molar-refractivity contribution in [1.29, 1.82) is 0 Å². The quantitative estimate of drug-likeness (QED) is 0.750. The van der Waals surface area contributed by atoms with E-state index >= 15 is 0 Å². The van der Waals surface area contributed by atoms with Gasteiger partial charge in [0.25, 0.3) is 0 Å². The van der Waals surface area contributed by atoms with Crippen LogP contribution >= 0.6 is 11.3 Å². The molecule has 0 amide bonds. The first kappa shape index (κ1) is 15.9. The molecule has 0 unspecified atom stereocenters. The molecule has 0 fully saturated rings. The van der Waals surface area contributed by atoms with E-state index in [1.165, 1.54) is 15.3 Å². The van der Waals surface area contributed by atoms with Crippen LogP contribution < -0.4 is 14.8 Å². The van der Waals surface area contributed by atoms with Crippen LogP contribution in [0.15, 0.2) is 30.3 Å². The molecule has 0 aliphatic rings. The van der Waals surface area contributed by atoms with Crippen molar-refractivity contribution in [1.82, 2.24) is 5.32 Å². The van der Waals surface area contributed by atoms with E-state index in [2.05, 4.69) is 25.2 Å². The maximum absolute atomic E-state index is 5.77. The molecule has 1 aromatic heterocycles. The van der Waals surface area contributed by atoms with Gasteiger partial charge in [-0.25, -0.2) is 0 Å². The highest BCUT2D eigenvalue weighted by Gasteiger charge is 2.03. The van der Waals surface area contributed by atoms with Crippen LogP contribution in [0.3, 0.4) is 0 Å². The fourth-order valence-corrected chi connectivity index (χ4v) is 3.05. The summed E-state index contributed by atoms with van der Waals surface area (Å²) in [5.41, 5.74) is 1.37. The molecule has 0 atom stereocenters. The Kier molecular flexibility index (Phi) is 6.08. The van der Waals surface area contributed by atoms with Gasteiger partial charge in [0.15, 0.2) is 11.5 Å². The number of rotatable bonds is 8. The van der Waals surface area contributed by atoms with Crippen molar-refractivity contribution in [2.75, 3.05) is 19.8 Å².